The van der Waals surface area contributed by atoms with Gasteiger partial charge < -0.3 is 0 Å². The molecule has 0 unspecified atom stereocenters. The van der Waals surface area contributed by atoms with Gasteiger partial charge in [0.15, 0.2) is 0 Å². The van der Waals surface area contributed by atoms with E-state index in [0.717, 1.165) is 0 Å². The molecule has 0 fully saturated rings. The number of rotatable bonds is 2. The average molecular weight is 229 g/mol. The van der Waals surface area contributed by atoms with Gasteiger partial charge in [-0.1, -0.05) is 66.7 Å². The van der Waals surface area contributed by atoms with E-state index in [2.05, 4.69) is 60.7 Å². The molecule has 0 N–H and O–H groups in total. The molecule has 0 heteroatoms. The first kappa shape index (κ1) is 10.8. The Morgan fingerprint density at radius 2 is 1.22 bits per heavy atom. The lowest BCUT2D eigenvalue weighted by Gasteiger charge is -2.05. The lowest BCUT2D eigenvalue weighted by molar-refractivity contribution is 1.58. The molecule has 3 aromatic rings. The molecule has 3 aromatic carbocycles. The Labute approximate surface area is 108 Å². The summed E-state index contributed by atoms with van der Waals surface area (Å²) in [5.41, 5.74) is 4.93. The van der Waals surface area contributed by atoms with Crippen molar-refractivity contribution >= 4 is 0 Å². The molecule has 85 valence electrons. The van der Waals surface area contributed by atoms with Crippen LogP contribution in [0.15, 0.2) is 78.9 Å². The minimum Gasteiger partial charge on any atom is -0.0622 e. The van der Waals surface area contributed by atoms with Gasteiger partial charge in [-0.3, -0.25) is 0 Å². The minimum atomic E-state index is 1.20. The van der Waals surface area contributed by atoms with E-state index in [1.807, 2.05) is 24.3 Å². The summed E-state index contributed by atoms with van der Waals surface area (Å²) in [5.74, 6) is 0. The van der Waals surface area contributed by atoms with E-state index in [4.69, 9.17) is 0 Å². The molecule has 0 aliphatic rings. The predicted octanol–water partition coefficient (Wildman–Crippen LogP) is 4.82. The van der Waals surface area contributed by atoms with Crippen molar-refractivity contribution in [2.24, 2.45) is 0 Å². The number of hydrogen-bond donors (Lipinski definition) is 0. The second-order valence-corrected chi connectivity index (χ2v) is 4.24. The molecule has 18 heavy (non-hydrogen) atoms. The fourth-order valence-electron chi connectivity index (χ4n) is 2.08. The van der Waals surface area contributed by atoms with Crippen molar-refractivity contribution in [1.82, 2.24) is 0 Å². The van der Waals surface area contributed by atoms with Gasteiger partial charge in [-0.2, -0.15) is 0 Å². The summed E-state index contributed by atoms with van der Waals surface area (Å²) < 4.78 is 0. The summed E-state index contributed by atoms with van der Waals surface area (Å²) in [6.07, 6.45) is 0. The Balaban J connectivity index is 2.05. The van der Waals surface area contributed by atoms with Crippen molar-refractivity contribution in [2.75, 3.05) is 0 Å². The van der Waals surface area contributed by atoms with Gasteiger partial charge in [0.1, 0.15) is 0 Å². The third-order valence-electron chi connectivity index (χ3n) is 3.01. The van der Waals surface area contributed by atoms with Crippen LogP contribution < -0.4 is 0 Å². The summed E-state index contributed by atoms with van der Waals surface area (Å²) in [5, 5.41) is 0. The van der Waals surface area contributed by atoms with Gasteiger partial charge in [0.25, 0.3) is 0 Å². The van der Waals surface area contributed by atoms with Gasteiger partial charge in [-0.15, -0.1) is 0 Å². The summed E-state index contributed by atoms with van der Waals surface area (Å²) in [6, 6.07) is 30.2. The van der Waals surface area contributed by atoms with Crippen LogP contribution in [0.3, 0.4) is 0 Å². The third-order valence-corrected chi connectivity index (χ3v) is 3.01. The van der Waals surface area contributed by atoms with Crippen LogP contribution >= 0.6 is 0 Å². The van der Waals surface area contributed by atoms with E-state index in [9.17, 15) is 0 Å². The van der Waals surface area contributed by atoms with Crippen LogP contribution in [0.25, 0.3) is 22.3 Å². The van der Waals surface area contributed by atoms with Crippen molar-refractivity contribution in [3.05, 3.63) is 84.9 Å². The maximum Gasteiger partial charge on any atom is -0.0178 e. The van der Waals surface area contributed by atoms with Gasteiger partial charge in [0.05, 0.1) is 0 Å². The van der Waals surface area contributed by atoms with E-state index < -0.39 is 0 Å². The van der Waals surface area contributed by atoms with E-state index in [1.165, 1.54) is 22.3 Å². The highest BCUT2D eigenvalue weighted by molar-refractivity contribution is 5.72. The quantitative estimate of drug-likeness (QED) is 0.591. The first-order valence-electron chi connectivity index (χ1n) is 6.05. The molecule has 0 bridgehead atoms. The molecule has 0 saturated carbocycles. The van der Waals surface area contributed by atoms with Crippen molar-refractivity contribution in [3.63, 3.8) is 0 Å². The second-order valence-electron chi connectivity index (χ2n) is 4.24. The summed E-state index contributed by atoms with van der Waals surface area (Å²) in [4.78, 5) is 0. The SMILES string of the molecule is [c]1cccc(-c2cccc(-c3ccccc3)c2)c1. The van der Waals surface area contributed by atoms with Crippen molar-refractivity contribution in [2.45, 2.75) is 0 Å². The monoisotopic (exact) mass is 229 g/mol. The maximum absolute atomic E-state index is 3.12. The predicted molar refractivity (Wildman–Crippen MR) is 76.2 cm³/mol. The van der Waals surface area contributed by atoms with Gasteiger partial charge in [0.2, 0.25) is 0 Å². The Morgan fingerprint density at radius 1 is 0.556 bits per heavy atom. The fourth-order valence-corrected chi connectivity index (χ4v) is 2.08. The lowest BCUT2D eigenvalue weighted by Crippen LogP contribution is -1.80. The van der Waals surface area contributed by atoms with E-state index in [1.54, 1.807) is 0 Å². The molecule has 0 aromatic heterocycles. The van der Waals surface area contributed by atoms with Gasteiger partial charge in [0, 0.05) is 0 Å². The smallest absolute Gasteiger partial charge is 0.0178 e. The highest BCUT2D eigenvalue weighted by Gasteiger charge is 2.00. The van der Waals surface area contributed by atoms with Crippen LogP contribution in [0, 0.1) is 6.07 Å². The van der Waals surface area contributed by atoms with Crippen LogP contribution in [0.5, 0.6) is 0 Å². The average Bonchev–Trinajstić information content (AvgIpc) is 2.49. The number of hydrogen-bond acceptors (Lipinski definition) is 0. The van der Waals surface area contributed by atoms with Crippen LogP contribution in [-0.4, -0.2) is 0 Å². The van der Waals surface area contributed by atoms with Crippen LogP contribution in [0.1, 0.15) is 0 Å². The molecule has 0 saturated heterocycles. The lowest BCUT2D eigenvalue weighted by atomic mass is 9.99. The zero-order chi connectivity index (χ0) is 12.2. The van der Waals surface area contributed by atoms with Gasteiger partial charge >= 0.3 is 0 Å². The Kier molecular flexibility index (Phi) is 2.93. The molecule has 0 aliphatic heterocycles. The molecule has 0 atom stereocenters. The van der Waals surface area contributed by atoms with Gasteiger partial charge in [-0.05, 0) is 40.5 Å². The molecule has 0 aliphatic carbocycles. The van der Waals surface area contributed by atoms with Crippen LogP contribution in [0.2, 0.25) is 0 Å². The largest absolute Gasteiger partial charge is 0.0622 e. The molecule has 1 radical (unpaired) electrons. The number of benzene rings is 3. The third kappa shape index (κ3) is 2.18. The highest BCUT2D eigenvalue weighted by atomic mass is 14.0. The Bertz CT molecular complexity index is 570. The van der Waals surface area contributed by atoms with E-state index >= 15 is 0 Å². The summed E-state index contributed by atoms with van der Waals surface area (Å²) >= 11 is 0. The van der Waals surface area contributed by atoms with E-state index in [-0.39, 0.29) is 0 Å². The molecular formula is C18H13. The molecule has 0 spiro atoms. The normalized spacial score (nSPS) is 10.2. The van der Waals surface area contributed by atoms with Crippen LogP contribution in [-0.2, 0) is 0 Å². The second kappa shape index (κ2) is 4.89. The Morgan fingerprint density at radius 3 is 1.94 bits per heavy atom. The van der Waals surface area contributed by atoms with Crippen molar-refractivity contribution < 1.29 is 0 Å². The first-order valence-corrected chi connectivity index (χ1v) is 6.05. The van der Waals surface area contributed by atoms with Crippen molar-refractivity contribution in [1.29, 1.82) is 0 Å². The van der Waals surface area contributed by atoms with Crippen LogP contribution in [0.4, 0.5) is 0 Å². The first-order chi connectivity index (χ1) is 8.93. The summed E-state index contributed by atoms with van der Waals surface area (Å²) in [6.45, 7) is 0. The highest BCUT2D eigenvalue weighted by Crippen LogP contribution is 2.25. The van der Waals surface area contributed by atoms with Crippen molar-refractivity contribution in [3.8, 4) is 22.3 Å². The molecule has 0 heterocycles. The van der Waals surface area contributed by atoms with E-state index in [0.29, 0.717) is 0 Å². The standard InChI is InChI=1S/C18H13/c1-3-8-15(9-4-1)17-12-7-13-18(14-17)16-10-5-2-6-11-16/h1-5,7-14H. The molecule has 0 amide bonds. The Hall–Kier alpha value is -2.34. The topological polar surface area (TPSA) is 0 Å². The zero-order valence-corrected chi connectivity index (χ0v) is 10.0. The maximum atomic E-state index is 3.12. The van der Waals surface area contributed by atoms with Gasteiger partial charge in [-0.25, -0.2) is 0 Å². The fraction of sp³-hybridized carbons (Fsp3) is 0. The summed E-state index contributed by atoms with van der Waals surface area (Å²) in [7, 11) is 0. The molecular weight excluding hydrogens is 216 g/mol. The minimum absolute atomic E-state index is 1.20. The zero-order valence-electron chi connectivity index (χ0n) is 10.0. The molecule has 0 nitrogen and oxygen atoms in total. The molecule has 3 rings (SSSR count).